The molecule has 0 radical (unpaired) electrons. The molecule has 0 aliphatic heterocycles. The van der Waals surface area contributed by atoms with E-state index in [1.165, 1.54) is 65.7 Å². The highest BCUT2D eigenvalue weighted by molar-refractivity contribution is 6.19. The minimum absolute atomic E-state index is 0.122. The first-order valence-electron chi connectivity index (χ1n) is 15.6. The van der Waals surface area contributed by atoms with Crippen molar-refractivity contribution in [1.29, 1.82) is 0 Å². The Morgan fingerprint density at radius 3 is 1.96 bits per heavy atom. The molecule has 9 rings (SSSR count). The molecule has 0 saturated heterocycles. The van der Waals surface area contributed by atoms with E-state index in [-0.39, 0.29) is 5.41 Å². The van der Waals surface area contributed by atoms with Crippen LogP contribution in [0.5, 0.6) is 0 Å². The average molecular weight is 575 g/mol. The Kier molecular flexibility index (Phi) is 5.58. The van der Waals surface area contributed by atoms with Crippen LogP contribution in [0.3, 0.4) is 0 Å². The summed E-state index contributed by atoms with van der Waals surface area (Å²) in [5.41, 5.74) is 11.6. The van der Waals surface area contributed by atoms with Crippen molar-refractivity contribution in [3.8, 4) is 44.9 Å². The number of hydrogen-bond donors (Lipinski definition) is 0. The summed E-state index contributed by atoms with van der Waals surface area (Å²) in [4.78, 5) is 9.45. The molecule has 0 bridgehead atoms. The van der Waals surface area contributed by atoms with Gasteiger partial charge in [-0.05, 0) is 114 Å². The van der Waals surface area contributed by atoms with Crippen molar-refractivity contribution in [2.24, 2.45) is 0 Å². The Morgan fingerprint density at radius 1 is 0.467 bits per heavy atom. The number of aromatic nitrogens is 2. The third-order valence-electron chi connectivity index (χ3n) is 9.65. The van der Waals surface area contributed by atoms with Crippen LogP contribution in [0.2, 0.25) is 0 Å². The van der Waals surface area contributed by atoms with Crippen LogP contribution in [0.15, 0.2) is 146 Å². The van der Waals surface area contributed by atoms with Gasteiger partial charge in [0.2, 0.25) is 0 Å². The summed E-state index contributed by atoms with van der Waals surface area (Å²) < 4.78 is 0. The molecule has 6 aromatic carbocycles. The van der Waals surface area contributed by atoms with E-state index >= 15 is 0 Å². The molecule has 2 aromatic heterocycles. The summed E-state index contributed by atoms with van der Waals surface area (Å²) in [6.07, 6.45) is 1.81. The van der Waals surface area contributed by atoms with Crippen LogP contribution in [-0.2, 0) is 5.41 Å². The minimum Gasteiger partial charge on any atom is -0.255 e. The number of rotatable bonds is 3. The lowest BCUT2D eigenvalue weighted by Gasteiger charge is -2.24. The molecular formula is C43H30N2. The molecule has 212 valence electrons. The van der Waals surface area contributed by atoms with Crippen molar-refractivity contribution in [2.75, 3.05) is 0 Å². The van der Waals surface area contributed by atoms with Crippen LogP contribution in [0, 0.1) is 0 Å². The Bertz CT molecular complexity index is 2450. The fraction of sp³-hybridized carbons (Fsp3) is 0.0698. The zero-order valence-electron chi connectivity index (χ0n) is 25.3. The average Bonchev–Trinajstić information content (AvgIpc) is 3.33. The van der Waals surface area contributed by atoms with Gasteiger partial charge in [0.15, 0.2) is 0 Å². The van der Waals surface area contributed by atoms with Crippen molar-refractivity contribution >= 4 is 32.3 Å². The highest BCUT2D eigenvalue weighted by Crippen LogP contribution is 2.55. The summed E-state index contributed by atoms with van der Waals surface area (Å²) in [6, 6.07) is 50.4. The molecule has 0 unspecified atom stereocenters. The first kappa shape index (κ1) is 25.9. The largest absolute Gasteiger partial charge is 0.255 e. The van der Waals surface area contributed by atoms with Crippen molar-refractivity contribution in [2.45, 2.75) is 19.3 Å². The van der Waals surface area contributed by atoms with E-state index < -0.39 is 0 Å². The lowest BCUT2D eigenvalue weighted by molar-refractivity contribution is 0.667. The lowest BCUT2D eigenvalue weighted by Crippen LogP contribution is -2.15. The molecule has 0 fully saturated rings. The zero-order valence-corrected chi connectivity index (χ0v) is 25.3. The summed E-state index contributed by atoms with van der Waals surface area (Å²) in [6.45, 7) is 4.79. The van der Waals surface area contributed by atoms with Crippen molar-refractivity contribution in [3.63, 3.8) is 0 Å². The van der Waals surface area contributed by atoms with Crippen molar-refractivity contribution in [3.05, 3.63) is 157 Å². The number of hydrogen-bond acceptors (Lipinski definition) is 2. The Balaban J connectivity index is 1.17. The van der Waals surface area contributed by atoms with E-state index in [2.05, 4.69) is 134 Å². The molecule has 0 saturated carbocycles. The normalized spacial score (nSPS) is 13.3. The predicted octanol–water partition coefficient (Wildman–Crippen LogP) is 11.2. The van der Waals surface area contributed by atoms with Gasteiger partial charge in [0, 0.05) is 17.2 Å². The molecule has 2 nitrogen and oxygen atoms in total. The maximum atomic E-state index is 4.95. The van der Waals surface area contributed by atoms with Gasteiger partial charge in [-0.2, -0.15) is 0 Å². The van der Waals surface area contributed by atoms with Gasteiger partial charge in [-0.15, -0.1) is 0 Å². The maximum Gasteiger partial charge on any atom is 0.0893 e. The molecule has 2 heterocycles. The van der Waals surface area contributed by atoms with Crippen molar-refractivity contribution < 1.29 is 0 Å². The molecule has 8 aromatic rings. The quantitative estimate of drug-likeness (QED) is 0.196. The van der Waals surface area contributed by atoms with Gasteiger partial charge in [0.05, 0.1) is 17.1 Å². The fourth-order valence-electron chi connectivity index (χ4n) is 7.52. The number of pyridine rings is 2. The third kappa shape index (κ3) is 3.96. The molecule has 2 heteroatoms. The monoisotopic (exact) mass is 574 g/mol. The van der Waals surface area contributed by atoms with Crippen LogP contribution in [0.4, 0.5) is 0 Å². The summed E-state index contributed by atoms with van der Waals surface area (Å²) >= 11 is 0. The van der Waals surface area contributed by atoms with E-state index in [1.54, 1.807) is 0 Å². The van der Waals surface area contributed by atoms with Gasteiger partial charge in [0.25, 0.3) is 0 Å². The molecule has 1 aliphatic rings. The Morgan fingerprint density at radius 2 is 1.13 bits per heavy atom. The van der Waals surface area contributed by atoms with Gasteiger partial charge in [-0.1, -0.05) is 105 Å². The van der Waals surface area contributed by atoms with Crippen LogP contribution in [0.1, 0.15) is 25.0 Å². The van der Waals surface area contributed by atoms with Gasteiger partial charge >= 0.3 is 0 Å². The molecule has 0 atom stereocenters. The number of nitrogens with zero attached hydrogens (tertiary/aromatic N) is 2. The van der Waals surface area contributed by atoms with Gasteiger partial charge in [0.1, 0.15) is 0 Å². The zero-order chi connectivity index (χ0) is 30.1. The SMILES string of the molecule is CC1(C)c2cc3cc(-c4cccc(-c5cccc(-c6ccccn6)n5)c4)ccc3cc2-c2c1c1ccccc1c1ccccc21. The third-order valence-corrected chi connectivity index (χ3v) is 9.65. The Labute approximate surface area is 262 Å². The molecular weight excluding hydrogens is 544 g/mol. The second-order valence-corrected chi connectivity index (χ2v) is 12.6. The highest BCUT2D eigenvalue weighted by atomic mass is 14.8. The second kappa shape index (κ2) is 9.70. The van der Waals surface area contributed by atoms with Crippen LogP contribution >= 0.6 is 0 Å². The topological polar surface area (TPSA) is 25.8 Å². The van der Waals surface area contributed by atoms with Gasteiger partial charge < -0.3 is 0 Å². The molecule has 0 spiro atoms. The van der Waals surface area contributed by atoms with Crippen LogP contribution in [-0.4, -0.2) is 9.97 Å². The molecule has 0 N–H and O–H groups in total. The van der Waals surface area contributed by atoms with E-state index in [0.29, 0.717) is 0 Å². The molecule has 1 aliphatic carbocycles. The maximum absolute atomic E-state index is 4.95. The van der Waals surface area contributed by atoms with E-state index in [0.717, 1.165) is 22.6 Å². The summed E-state index contributed by atoms with van der Waals surface area (Å²) in [5.74, 6) is 0. The fourth-order valence-corrected chi connectivity index (χ4v) is 7.52. The van der Waals surface area contributed by atoms with Crippen LogP contribution in [0.25, 0.3) is 77.2 Å². The van der Waals surface area contributed by atoms with E-state index in [4.69, 9.17) is 4.98 Å². The van der Waals surface area contributed by atoms with Crippen molar-refractivity contribution in [1.82, 2.24) is 9.97 Å². The molecule has 0 amide bonds. The van der Waals surface area contributed by atoms with Gasteiger partial charge in [-0.25, -0.2) is 4.98 Å². The summed E-state index contributed by atoms with van der Waals surface area (Å²) in [5, 5.41) is 7.88. The smallest absolute Gasteiger partial charge is 0.0893 e. The minimum atomic E-state index is -0.122. The standard InChI is InChI=1S/C43H30N2/c1-43(2)37-26-31-24-28(27-11-9-12-30(23-27)38-18-10-19-40(45-38)39-17-7-8-22-44-39)20-21-29(31)25-36(37)41-34-15-5-3-13-32(34)33-14-4-6-16-35(33)42(41)43/h3-26H,1-2H3. The van der Waals surface area contributed by atoms with Crippen LogP contribution < -0.4 is 0 Å². The highest BCUT2D eigenvalue weighted by Gasteiger charge is 2.38. The first-order chi connectivity index (χ1) is 22.1. The second-order valence-electron chi connectivity index (χ2n) is 12.6. The predicted molar refractivity (Wildman–Crippen MR) is 188 cm³/mol. The summed E-state index contributed by atoms with van der Waals surface area (Å²) in [7, 11) is 0. The number of fused-ring (bicyclic) bond motifs is 9. The first-order valence-corrected chi connectivity index (χ1v) is 15.6. The van der Waals surface area contributed by atoms with Gasteiger partial charge in [-0.3, -0.25) is 4.98 Å². The Hall–Kier alpha value is -5.60. The lowest BCUT2D eigenvalue weighted by atomic mass is 9.79. The van der Waals surface area contributed by atoms with E-state index in [1.807, 2.05) is 30.5 Å². The molecule has 45 heavy (non-hydrogen) atoms. The van der Waals surface area contributed by atoms with E-state index in [9.17, 15) is 0 Å². The number of benzene rings is 6.